The van der Waals surface area contributed by atoms with Crippen LogP contribution in [0.5, 0.6) is 0 Å². The van der Waals surface area contributed by atoms with E-state index < -0.39 is 17.6 Å². The Morgan fingerprint density at radius 2 is 1.93 bits per heavy atom. The van der Waals surface area contributed by atoms with E-state index in [1.807, 2.05) is 31.2 Å². The molecule has 0 aliphatic rings. The molecule has 0 saturated carbocycles. The van der Waals surface area contributed by atoms with Gasteiger partial charge < -0.3 is 10.6 Å². The number of amides is 1. The molecule has 7 heteroatoms. The number of halogens is 3. The molecule has 2 aromatic rings. The van der Waals surface area contributed by atoms with Crippen LogP contribution in [0.25, 0.3) is 0 Å². The number of alkyl halides is 3. The van der Waals surface area contributed by atoms with E-state index in [0.29, 0.717) is 13.0 Å². The zero-order chi connectivity index (χ0) is 19.9. The Balaban J connectivity index is 1.96. The molecule has 0 fully saturated rings. The molecule has 0 spiro atoms. The van der Waals surface area contributed by atoms with Crippen molar-refractivity contribution in [2.75, 3.05) is 11.9 Å². The van der Waals surface area contributed by atoms with Gasteiger partial charge in [-0.05, 0) is 42.7 Å². The second-order valence-corrected chi connectivity index (χ2v) is 5.83. The average Bonchev–Trinajstić information content (AvgIpc) is 2.62. The van der Waals surface area contributed by atoms with Gasteiger partial charge in [-0.2, -0.15) is 18.4 Å². The van der Waals surface area contributed by atoms with Gasteiger partial charge in [0.1, 0.15) is 11.6 Å². The summed E-state index contributed by atoms with van der Waals surface area (Å²) in [4.78, 5) is 12.1. The van der Waals surface area contributed by atoms with Crippen molar-refractivity contribution in [1.82, 2.24) is 5.32 Å². The van der Waals surface area contributed by atoms with Crippen LogP contribution < -0.4 is 10.6 Å². The summed E-state index contributed by atoms with van der Waals surface area (Å²) in [5, 5.41) is 14.3. The number of benzene rings is 2. The van der Waals surface area contributed by atoms with E-state index in [-0.39, 0.29) is 11.3 Å². The number of anilines is 1. The van der Waals surface area contributed by atoms with Gasteiger partial charge in [-0.3, -0.25) is 4.79 Å². The van der Waals surface area contributed by atoms with Crippen LogP contribution in [0, 0.1) is 18.3 Å². The Labute approximate surface area is 155 Å². The molecule has 27 heavy (non-hydrogen) atoms. The summed E-state index contributed by atoms with van der Waals surface area (Å²) in [6.45, 7) is 2.50. The Morgan fingerprint density at radius 3 is 2.59 bits per heavy atom. The highest BCUT2D eigenvalue weighted by molar-refractivity contribution is 6.06. The minimum Gasteiger partial charge on any atom is -0.389 e. The summed E-state index contributed by atoms with van der Waals surface area (Å²) < 4.78 is 38.2. The van der Waals surface area contributed by atoms with Gasteiger partial charge in [-0.1, -0.05) is 30.3 Å². The Morgan fingerprint density at radius 1 is 1.19 bits per heavy atom. The first-order valence-electron chi connectivity index (χ1n) is 8.18. The molecule has 4 nitrogen and oxygen atoms in total. The number of nitrogens with one attached hydrogen (secondary N) is 2. The second kappa shape index (κ2) is 8.90. The van der Waals surface area contributed by atoms with Crippen LogP contribution in [0.1, 0.15) is 16.7 Å². The standard InChI is InChI=1S/C20H18F3N3O/c1-14-5-2-3-6-15(14)9-10-25-13-16(12-24)19(27)26-18-8-4-7-17(11-18)20(21,22)23/h2-8,11,13,25H,9-10H2,1H3,(H,26,27)/b16-13-. The molecule has 0 radical (unpaired) electrons. The summed E-state index contributed by atoms with van der Waals surface area (Å²) in [5.74, 6) is -0.778. The van der Waals surface area contributed by atoms with Crippen LogP contribution in [0.15, 0.2) is 60.3 Å². The first kappa shape index (κ1) is 20.0. The van der Waals surface area contributed by atoms with E-state index >= 15 is 0 Å². The summed E-state index contributed by atoms with van der Waals surface area (Å²) in [7, 11) is 0. The lowest BCUT2D eigenvalue weighted by Gasteiger charge is -2.10. The fourth-order valence-electron chi connectivity index (χ4n) is 2.39. The van der Waals surface area contributed by atoms with Crippen molar-refractivity contribution < 1.29 is 18.0 Å². The Kier molecular flexibility index (Phi) is 6.61. The number of rotatable bonds is 6. The van der Waals surface area contributed by atoms with Crippen LogP contribution in [0.3, 0.4) is 0 Å². The van der Waals surface area contributed by atoms with Crippen molar-refractivity contribution in [3.8, 4) is 6.07 Å². The number of nitriles is 1. The molecule has 0 aromatic heterocycles. The molecular weight excluding hydrogens is 355 g/mol. The third kappa shape index (κ3) is 5.89. The Bertz CT molecular complexity index is 883. The number of nitrogens with zero attached hydrogens (tertiary/aromatic N) is 1. The molecule has 1 amide bonds. The molecule has 0 saturated heterocycles. The normalized spacial score (nSPS) is 11.6. The van der Waals surface area contributed by atoms with Crippen molar-refractivity contribution >= 4 is 11.6 Å². The SMILES string of the molecule is Cc1ccccc1CCN/C=C(/C#N)C(=O)Nc1cccc(C(F)(F)F)c1. The van der Waals surface area contributed by atoms with Gasteiger partial charge in [0.25, 0.3) is 5.91 Å². The van der Waals surface area contributed by atoms with Gasteiger partial charge in [0.05, 0.1) is 5.56 Å². The molecule has 0 unspecified atom stereocenters. The topological polar surface area (TPSA) is 64.9 Å². The Hall–Kier alpha value is -3.27. The molecule has 0 aliphatic carbocycles. The van der Waals surface area contributed by atoms with Crippen LogP contribution in [-0.4, -0.2) is 12.5 Å². The van der Waals surface area contributed by atoms with Gasteiger partial charge in [0.15, 0.2) is 0 Å². The highest BCUT2D eigenvalue weighted by atomic mass is 19.4. The van der Waals surface area contributed by atoms with Crippen molar-refractivity contribution in [3.63, 3.8) is 0 Å². The van der Waals surface area contributed by atoms with E-state index in [1.165, 1.54) is 18.3 Å². The third-order valence-corrected chi connectivity index (χ3v) is 3.86. The molecule has 2 rings (SSSR count). The first-order valence-corrected chi connectivity index (χ1v) is 8.18. The lowest BCUT2D eigenvalue weighted by Crippen LogP contribution is -2.18. The predicted molar refractivity (Wildman–Crippen MR) is 96.7 cm³/mol. The first-order chi connectivity index (χ1) is 12.8. The lowest BCUT2D eigenvalue weighted by atomic mass is 10.1. The van der Waals surface area contributed by atoms with Gasteiger partial charge in [-0.15, -0.1) is 0 Å². The maximum Gasteiger partial charge on any atom is 0.416 e. The van der Waals surface area contributed by atoms with Gasteiger partial charge in [0, 0.05) is 18.4 Å². The zero-order valence-corrected chi connectivity index (χ0v) is 14.6. The highest BCUT2D eigenvalue weighted by Crippen LogP contribution is 2.30. The lowest BCUT2D eigenvalue weighted by molar-refractivity contribution is -0.137. The van der Waals surface area contributed by atoms with E-state index in [0.717, 1.165) is 23.3 Å². The minimum absolute atomic E-state index is 0.0316. The number of carbonyl (C=O) groups is 1. The third-order valence-electron chi connectivity index (χ3n) is 3.86. The monoisotopic (exact) mass is 373 g/mol. The van der Waals surface area contributed by atoms with Crippen molar-refractivity contribution in [1.29, 1.82) is 5.26 Å². The van der Waals surface area contributed by atoms with E-state index in [9.17, 15) is 18.0 Å². The molecule has 0 bridgehead atoms. The maximum absolute atomic E-state index is 12.7. The number of carbonyl (C=O) groups excluding carboxylic acids is 1. The summed E-state index contributed by atoms with van der Waals surface area (Å²) in [6, 6.07) is 13.8. The summed E-state index contributed by atoms with van der Waals surface area (Å²) in [5.41, 5.74) is 1.16. The van der Waals surface area contributed by atoms with Gasteiger partial charge in [-0.25, -0.2) is 0 Å². The van der Waals surface area contributed by atoms with Gasteiger partial charge in [0.2, 0.25) is 0 Å². The number of hydrogen-bond acceptors (Lipinski definition) is 3. The minimum atomic E-state index is -4.51. The van der Waals surface area contributed by atoms with E-state index in [4.69, 9.17) is 5.26 Å². The molecule has 2 N–H and O–H groups in total. The molecule has 2 aromatic carbocycles. The second-order valence-electron chi connectivity index (χ2n) is 5.83. The predicted octanol–water partition coefficient (Wildman–Crippen LogP) is 4.19. The molecule has 0 heterocycles. The largest absolute Gasteiger partial charge is 0.416 e. The number of aryl methyl sites for hydroxylation is 1. The van der Waals surface area contributed by atoms with Crippen molar-refractivity contribution in [3.05, 3.63) is 77.0 Å². The summed E-state index contributed by atoms with van der Waals surface area (Å²) in [6.07, 6.45) is -2.54. The zero-order valence-electron chi connectivity index (χ0n) is 14.6. The van der Waals surface area contributed by atoms with E-state index in [1.54, 1.807) is 6.07 Å². The summed E-state index contributed by atoms with van der Waals surface area (Å²) >= 11 is 0. The van der Waals surface area contributed by atoms with Crippen LogP contribution >= 0.6 is 0 Å². The number of hydrogen-bond donors (Lipinski definition) is 2. The van der Waals surface area contributed by atoms with E-state index in [2.05, 4.69) is 10.6 Å². The van der Waals surface area contributed by atoms with Crippen LogP contribution in [0.2, 0.25) is 0 Å². The average molecular weight is 373 g/mol. The van der Waals surface area contributed by atoms with Crippen molar-refractivity contribution in [2.24, 2.45) is 0 Å². The smallest absolute Gasteiger partial charge is 0.389 e. The fraction of sp³-hybridized carbons (Fsp3) is 0.200. The molecule has 140 valence electrons. The van der Waals surface area contributed by atoms with Crippen LogP contribution in [0.4, 0.5) is 18.9 Å². The van der Waals surface area contributed by atoms with Crippen molar-refractivity contribution in [2.45, 2.75) is 19.5 Å². The highest BCUT2D eigenvalue weighted by Gasteiger charge is 2.30. The maximum atomic E-state index is 12.7. The van der Waals surface area contributed by atoms with Crippen LogP contribution in [-0.2, 0) is 17.4 Å². The quantitative estimate of drug-likeness (QED) is 0.453. The molecular formula is C20H18F3N3O. The fourth-order valence-corrected chi connectivity index (χ4v) is 2.39. The van der Waals surface area contributed by atoms with Gasteiger partial charge >= 0.3 is 6.18 Å². The molecule has 0 aliphatic heterocycles. The molecule has 0 atom stereocenters.